The van der Waals surface area contributed by atoms with Crippen LogP contribution in [0, 0.1) is 0 Å². The van der Waals surface area contributed by atoms with Crippen molar-refractivity contribution >= 4 is 11.6 Å². The zero-order valence-corrected chi connectivity index (χ0v) is 11.0. The second-order valence-corrected chi connectivity index (χ2v) is 3.54. The molecule has 0 saturated heterocycles. The van der Waals surface area contributed by atoms with Crippen LogP contribution in [0.2, 0.25) is 0 Å². The van der Waals surface area contributed by atoms with E-state index >= 15 is 0 Å². The molecule has 6 heteroatoms. The van der Waals surface area contributed by atoms with Gasteiger partial charge in [0.1, 0.15) is 11.4 Å². The maximum absolute atomic E-state index is 12.2. The highest BCUT2D eigenvalue weighted by molar-refractivity contribution is 6.23. The van der Waals surface area contributed by atoms with Crippen LogP contribution in [0.25, 0.3) is 0 Å². The van der Waals surface area contributed by atoms with E-state index in [2.05, 4.69) is 10.6 Å². The smallest absolute Gasteiger partial charge is 0.249 e. The molecule has 0 aromatic carbocycles. The summed E-state index contributed by atoms with van der Waals surface area (Å²) in [7, 11) is 2.72. The number of ether oxygens (including phenoxy) is 2. The molecule has 0 heterocycles. The van der Waals surface area contributed by atoms with Crippen molar-refractivity contribution in [1.82, 2.24) is 10.6 Å². The fourth-order valence-electron chi connectivity index (χ4n) is 1.72. The molecule has 0 amide bonds. The molecule has 0 fully saturated rings. The molecular weight excluding hydrogens is 236 g/mol. The van der Waals surface area contributed by atoms with E-state index in [0.717, 1.165) is 0 Å². The molecule has 0 aromatic heterocycles. The molecule has 0 aliphatic heterocycles. The van der Waals surface area contributed by atoms with Crippen LogP contribution in [0.15, 0.2) is 22.9 Å². The largest absolute Gasteiger partial charge is 0.491 e. The van der Waals surface area contributed by atoms with E-state index in [0.29, 0.717) is 13.1 Å². The van der Waals surface area contributed by atoms with Gasteiger partial charge in [0.15, 0.2) is 11.5 Å². The third-order valence-electron chi connectivity index (χ3n) is 2.44. The summed E-state index contributed by atoms with van der Waals surface area (Å²) < 4.78 is 10.1. The summed E-state index contributed by atoms with van der Waals surface area (Å²) in [6.07, 6.45) is 0. The summed E-state index contributed by atoms with van der Waals surface area (Å²) in [5, 5.41) is 5.67. The number of likely N-dealkylation sites (N-methyl/N-ethyl adjacent to an activating group) is 2. The molecule has 100 valence electrons. The van der Waals surface area contributed by atoms with Gasteiger partial charge in [-0.3, -0.25) is 9.59 Å². The van der Waals surface area contributed by atoms with Crippen LogP contribution >= 0.6 is 0 Å². The Morgan fingerprint density at radius 2 is 1.17 bits per heavy atom. The molecule has 0 radical (unpaired) electrons. The third kappa shape index (κ3) is 2.32. The van der Waals surface area contributed by atoms with Crippen molar-refractivity contribution in [2.75, 3.05) is 27.3 Å². The highest BCUT2D eigenvalue weighted by Crippen LogP contribution is 2.22. The van der Waals surface area contributed by atoms with Crippen LogP contribution in [0.1, 0.15) is 13.8 Å². The summed E-state index contributed by atoms with van der Waals surface area (Å²) >= 11 is 0. The van der Waals surface area contributed by atoms with Crippen molar-refractivity contribution in [1.29, 1.82) is 0 Å². The Morgan fingerprint density at radius 1 is 0.833 bits per heavy atom. The van der Waals surface area contributed by atoms with Crippen molar-refractivity contribution in [2.24, 2.45) is 0 Å². The van der Waals surface area contributed by atoms with Crippen molar-refractivity contribution in [2.45, 2.75) is 13.8 Å². The van der Waals surface area contributed by atoms with Gasteiger partial charge in [0.05, 0.1) is 14.2 Å². The Bertz CT molecular complexity index is 384. The Kier molecular flexibility index (Phi) is 4.76. The van der Waals surface area contributed by atoms with Gasteiger partial charge in [0, 0.05) is 13.1 Å². The minimum absolute atomic E-state index is 0.0126. The fraction of sp³-hybridized carbons (Fsp3) is 0.500. The maximum atomic E-state index is 12.2. The van der Waals surface area contributed by atoms with Crippen LogP contribution < -0.4 is 10.6 Å². The number of ketones is 2. The average molecular weight is 254 g/mol. The zero-order chi connectivity index (χ0) is 13.7. The highest BCUT2D eigenvalue weighted by atomic mass is 16.5. The summed E-state index contributed by atoms with van der Waals surface area (Å²) in [5.41, 5.74) is 0.284. The zero-order valence-electron chi connectivity index (χ0n) is 11.0. The van der Waals surface area contributed by atoms with Gasteiger partial charge in [-0.15, -0.1) is 0 Å². The van der Waals surface area contributed by atoms with Crippen LogP contribution in [0.5, 0.6) is 0 Å². The quantitative estimate of drug-likeness (QED) is 0.653. The predicted octanol–water partition coefficient (Wildman–Crippen LogP) is 0.0732. The number of hydrogen-bond donors (Lipinski definition) is 2. The maximum Gasteiger partial charge on any atom is 0.249 e. The van der Waals surface area contributed by atoms with Crippen molar-refractivity contribution in [3.8, 4) is 0 Å². The molecule has 1 aliphatic rings. The van der Waals surface area contributed by atoms with E-state index in [1.165, 1.54) is 14.2 Å². The Balaban J connectivity index is 3.28. The molecular formula is C12H18N2O4. The molecule has 0 spiro atoms. The highest BCUT2D eigenvalue weighted by Gasteiger charge is 2.36. The molecule has 0 atom stereocenters. The van der Waals surface area contributed by atoms with E-state index in [1.807, 2.05) is 13.8 Å². The van der Waals surface area contributed by atoms with Crippen molar-refractivity contribution < 1.29 is 19.1 Å². The van der Waals surface area contributed by atoms with E-state index in [4.69, 9.17) is 9.47 Å². The lowest BCUT2D eigenvalue weighted by Crippen LogP contribution is -2.37. The van der Waals surface area contributed by atoms with Gasteiger partial charge in [-0.05, 0) is 13.8 Å². The summed E-state index contributed by atoms with van der Waals surface area (Å²) in [6, 6.07) is 0. The number of nitrogens with one attached hydrogen (secondary N) is 2. The molecule has 18 heavy (non-hydrogen) atoms. The summed E-state index contributed by atoms with van der Waals surface area (Å²) in [6.45, 7) is 4.67. The van der Waals surface area contributed by atoms with Crippen LogP contribution in [0.4, 0.5) is 0 Å². The molecule has 0 unspecified atom stereocenters. The van der Waals surface area contributed by atoms with Crippen LogP contribution in [0.3, 0.4) is 0 Å². The minimum atomic E-state index is -0.383. The lowest BCUT2D eigenvalue weighted by Gasteiger charge is -2.22. The first-order valence-corrected chi connectivity index (χ1v) is 5.75. The first-order chi connectivity index (χ1) is 8.62. The number of methoxy groups -OCH3 is 2. The first kappa shape index (κ1) is 14.1. The molecule has 0 bridgehead atoms. The Morgan fingerprint density at radius 3 is 1.39 bits per heavy atom. The fourth-order valence-corrected chi connectivity index (χ4v) is 1.72. The van der Waals surface area contributed by atoms with Crippen molar-refractivity contribution in [3.05, 3.63) is 22.9 Å². The number of Topliss-reactive ketones (excluding diaryl/α,β-unsaturated/α-hetero) is 2. The normalized spacial score (nSPS) is 16.0. The number of hydrogen-bond acceptors (Lipinski definition) is 6. The molecule has 0 saturated carbocycles. The van der Waals surface area contributed by atoms with Gasteiger partial charge in [-0.25, -0.2) is 0 Å². The van der Waals surface area contributed by atoms with Gasteiger partial charge in [-0.1, -0.05) is 0 Å². The summed E-state index contributed by atoms with van der Waals surface area (Å²) in [5.74, 6) is -0.740. The van der Waals surface area contributed by atoms with E-state index in [-0.39, 0.29) is 34.5 Å². The van der Waals surface area contributed by atoms with Gasteiger partial charge in [-0.2, -0.15) is 0 Å². The van der Waals surface area contributed by atoms with E-state index < -0.39 is 0 Å². The predicted molar refractivity (Wildman–Crippen MR) is 65.4 cm³/mol. The lowest BCUT2D eigenvalue weighted by atomic mass is 10.0. The van der Waals surface area contributed by atoms with Crippen molar-refractivity contribution in [3.63, 3.8) is 0 Å². The topological polar surface area (TPSA) is 76.7 Å². The second kappa shape index (κ2) is 6.09. The molecule has 0 aromatic rings. The van der Waals surface area contributed by atoms with Gasteiger partial charge in [0.2, 0.25) is 11.6 Å². The van der Waals surface area contributed by atoms with E-state index in [9.17, 15) is 9.59 Å². The molecule has 6 nitrogen and oxygen atoms in total. The average Bonchev–Trinajstić information content (AvgIpc) is 2.36. The van der Waals surface area contributed by atoms with Crippen LogP contribution in [-0.4, -0.2) is 38.9 Å². The molecule has 1 rings (SSSR count). The number of rotatable bonds is 6. The monoisotopic (exact) mass is 254 g/mol. The van der Waals surface area contributed by atoms with Crippen LogP contribution in [-0.2, 0) is 19.1 Å². The van der Waals surface area contributed by atoms with E-state index in [1.54, 1.807) is 0 Å². The van der Waals surface area contributed by atoms with Gasteiger partial charge in [0.25, 0.3) is 0 Å². The summed E-state index contributed by atoms with van der Waals surface area (Å²) in [4.78, 5) is 24.3. The second-order valence-electron chi connectivity index (χ2n) is 3.54. The lowest BCUT2D eigenvalue weighted by molar-refractivity contribution is -0.121. The minimum Gasteiger partial charge on any atom is -0.491 e. The Labute approximate surface area is 106 Å². The SMILES string of the molecule is CCNC1=C(OC)C(=O)C(NCC)=C(OC)C1=O. The number of carbonyl (C=O) groups excluding carboxylic acids is 2. The van der Waals surface area contributed by atoms with Gasteiger partial charge >= 0.3 is 0 Å². The standard InChI is InChI=1S/C12H18N2O4/c1-5-13-7-9(15)12(18-4)8(14-6-2)10(16)11(7)17-3/h13-14H,5-6H2,1-4H3. The molecule has 2 N–H and O–H groups in total. The van der Waals surface area contributed by atoms with Gasteiger partial charge < -0.3 is 20.1 Å². The first-order valence-electron chi connectivity index (χ1n) is 5.75. The Hall–Kier alpha value is -1.98. The number of carbonyl (C=O) groups is 2. The third-order valence-corrected chi connectivity index (χ3v) is 2.44. The molecule has 1 aliphatic carbocycles.